The van der Waals surface area contributed by atoms with Gasteiger partial charge in [-0.25, -0.2) is 0 Å². The van der Waals surface area contributed by atoms with Crippen molar-refractivity contribution in [2.45, 2.75) is 76.3 Å². The minimum absolute atomic E-state index is 0.0646. The largest absolute Gasteiger partial charge is 0.381 e. The average Bonchev–Trinajstić information content (AvgIpc) is 3.29. The lowest BCUT2D eigenvalue weighted by Crippen LogP contribution is -2.22. The fraction of sp³-hybridized carbons (Fsp3) is 1.00. The Morgan fingerprint density at radius 1 is 0.905 bits per heavy atom. The Morgan fingerprint density at radius 3 is 2.71 bits per heavy atom. The van der Waals surface area contributed by atoms with E-state index in [0.717, 1.165) is 51.6 Å². The molecule has 4 heteroatoms. The fourth-order valence-electron chi connectivity index (χ4n) is 3.43. The van der Waals surface area contributed by atoms with Crippen molar-refractivity contribution in [3.8, 4) is 0 Å². The molecule has 0 aromatic heterocycles. The predicted molar refractivity (Wildman–Crippen MR) is 80.2 cm³/mol. The quantitative estimate of drug-likeness (QED) is 0.484. The van der Waals surface area contributed by atoms with Crippen molar-refractivity contribution in [1.82, 2.24) is 0 Å². The first kappa shape index (κ1) is 15.7. The normalized spacial score (nSPS) is 35.4. The van der Waals surface area contributed by atoms with Gasteiger partial charge in [-0.05, 0) is 63.7 Å². The summed E-state index contributed by atoms with van der Waals surface area (Å²) in [7, 11) is 0. The summed E-state index contributed by atoms with van der Waals surface area (Å²) in [6.45, 7) is 3.52. The second kappa shape index (κ2) is 8.47. The second-order valence-corrected chi connectivity index (χ2v) is 6.69. The summed E-state index contributed by atoms with van der Waals surface area (Å²) < 4.78 is 22.6. The monoisotopic (exact) mass is 298 g/mol. The molecule has 122 valence electrons. The molecular formula is C17H30O4. The van der Waals surface area contributed by atoms with Crippen molar-refractivity contribution < 1.29 is 18.9 Å². The molecule has 0 aromatic carbocycles. The summed E-state index contributed by atoms with van der Waals surface area (Å²) in [4.78, 5) is 0. The van der Waals surface area contributed by atoms with E-state index in [4.69, 9.17) is 18.9 Å². The third kappa shape index (κ3) is 5.51. The Labute approximate surface area is 128 Å². The maximum absolute atomic E-state index is 5.82. The van der Waals surface area contributed by atoms with Crippen LogP contribution >= 0.6 is 0 Å². The lowest BCUT2D eigenvalue weighted by molar-refractivity contribution is -0.162. The van der Waals surface area contributed by atoms with E-state index < -0.39 is 0 Å². The zero-order valence-corrected chi connectivity index (χ0v) is 13.1. The highest BCUT2D eigenvalue weighted by atomic mass is 16.7. The van der Waals surface area contributed by atoms with Crippen LogP contribution in [0.3, 0.4) is 0 Å². The number of hydrogen-bond acceptors (Lipinski definition) is 4. The van der Waals surface area contributed by atoms with Crippen molar-refractivity contribution in [1.29, 1.82) is 0 Å². The van der Waals surface area contributed by atoms with E-state index in [-0.39, 0.29) is 6.29 Å². The summed E-state index contributed by atoms with van der Waals surface area (Å²) in [6, 6.07) is 0. The predicted octanol–water partition coefficient (Wildman–Crippen LogP) is 3.28. The molecule has 0 amide bonds. The molecule has 1 saturated carbocycles. The molecule has 0 N–H and O–H groups in total. The fourth-order valence-corrected chi connectivity index (χ4v) is 3.43. The van der Waals surface area contributed by atoms with Gasteiger partial charge in [0.15, 0.2) is 6.29 Å². The van der Waals surface area contributed by atoms with E-state index in [2.05, 4.69) is 0 Å². The van der Waals surface area contributed by atoms with Crippen LogP contribution in [0.1, 0.15) is 57.8 Å². The van der Waals surface area contributed by atoms with Crippen LogP contribution in [0.25, 0.3) is 0 Å². The molecule has 3 fully saturated rings. The minimum Gasteiger partial charge on any atom is -0.381 e. The minimum atomic E-state index is 0.0646. The molecule has 4 nitrogen and oxygen atoms in total. The molecule has 3 rings (SSSR count). The summed E-state index contributed by atoms with van der Waals surface area (Å²) in [5, 5.41) is 0. The van der Waals surface area contributed by atoms with E-state index in [1.807, 2.05) is 0 Å². The van der Waals surface area contributed by atoms with E-state index in [1.54, 1.807) is 0 Å². The van der Waals surface area contributed by atoms with Crippen molar-refractivity contribution in [3.63, 3.8) is 0 Å². The molecule has 2 aliphatic heterocycles. The molecular weight excluding hydrogens is 268 g/mol. The number of fused-ring (bicyclic) bond motifs is 1. The average molecular weight is 298 g/mol. The topological polar surface area (TPSA) is 40.2 Å². The van der Waals surface area contributed by atoms with E-state index in [0.29, 0.717) is 12.2 Å². The molecule has 0 bridgehead atoms. The van der Waals surface area contributed by atoms with Crippen LogP contribution in [0, 0.1) is 5.92 Å². The lowest BCUT2D eigenvalue weighted by Gasteiger charge is -2.22. The molecule has 4 unspecified atom stereocenters. The highest BCUT2D eigenvalue weighted by molar-refractivity contribution is 4.91. The molecule has 0 radical (unpaired) electrons. The molecule has 4 atom stereocenters. The van der Waals surface area contributed by atoms with Gasteiger partial charge in [0.05, 0.1) is 12.2 Å². The third-order valence-electron chi connectivity index (χ3n) is 4.84. The summed E-state index contributed by atoms with van der Waals surface area (Å²) in [6.07, 6.45) is 11.9. The maximum Gasteiger partial charge on any atom is 0.157 e. The first-order valence-electron chi connectivity index (χ1n) is 8.88. The Kier molecular flexibility index (Phi) is 6.34. The Morgan fingerprint density at radius 2 is 1.86 bits per heavy atom. The number of ether oxygens (including phenoxy) is 4. The van der Waals surface area contributed by atoms with Gasteiger partial charge in [0.25, 0.3) is 0 Å². The van der Waals surface area contributed by atoms with Crippen LogP contribution in [-0.2, 0) is 18.9 Å². The summed E-state index contributed by atoms with van der Waals surface area (Å²) >= 11 is 0. The van der Waals surface area contributed by atoms with Crippen LogP contribution in [0.2, 0.25) is 0 Å². The van der Waals surface area contributed by atoms with E-state index in [9.17, 15) is 0 Å². The second-order valence-electron chi connectivity index (χ2n) is 6.69. The van der Waals surface area contributed by atoms with Crippen molar-refractivity contribution >= 4 is 0 Å². The number of epoxide rings is 1. The van der Waals surface area contributed by atoms with E-state index in [1.165, 1.54) is 38.5 Å². The molecule has 0 aromatic rings. The zero-order chi connectivity index (χ0) is 14.3. The van der Waals surface area contributed by atoms with Gasteiger partial charge >= 0.3 is 0 Å². The molecule has 1 aliphatic carbocycles. The molecule has 21 heavy (non-hydrogen) atoms. The van der Waals surface area contributed by atoms with Crippen molar-refractivity contribution in [3.05, 3.63) is 0 Å². The number of hydrogen-bond donors (Lipinski definition) is 0. The summed E-state index contributed by atoms with van der Waals surface area (Å²) in [5.41, 5.74) is 0. The molecule has 2 saturated heterocycles. The van der Waals surface area contributed by atoms with Gasteiger partial charge in [-0.1, -0.05) is 0 Å². The van der Waals surface area contributed by atoms with Gasteiger partial charge in [-0.2, -0.15) is 0 Å². The Balaban J connectivity index is 1.10. The van der Waals surface area contributed by atoms with Gasteiger partial charge in [-0.15, -0.1) is 0 Å². The van der Waals surface area contributed by atoms with Crippen LogP contribution in [0.5, 0.6) is 0 Å². The molecule has 2 heterocycles. The molecule has 3 aliphatic rings. The highest BCUT2D eigenvalue weighted by Gasteiger charge is 2.43. The Bertz CT molecular complexity index is 291. The van der Waals surface area contributed by atoms with Crippen LogP contribution in [0.4, 0.5) is 0 Å². The highest BCUT2D eigenvalue weighted by Crippen LogP contribution is 2.39. The first-order chi connectivity index (χ1) is 10.4. The van der Waals surface area contributed by atoms with Crippen molar-refractivity contribution in [2.24, 2.45) is 5.92 Å². The van der Waals surface area contributed by atoms with E-state index >= 15 is 0 Å². The van der Waals surface area contributed by atoms with Crippen LogP contribution < -0.4 is 0 Å². The van der Waals surface area contributed by atoms with Crippen molar-refractivity contribution in [2.75, 3.05) is 26.4 Å². The lowest BCUT2D eigenvalue weighted by atomic mass is 9.90. The summed E-state index contributed by atoms with van der Waals surface area (Å²) in [5.74, 6) is 0.737. The zero-order valence-electron chi connectivity index (χ0n) is 13.1. The number of rotatable bonds is 9. The van der Waals surface area contributed by atoms with Crippen LogP contribution in [0.15, 0.2) is 0 Å². The van der Waals surface area contributed by atoms with Crippen LogP contribution in [-0.4, -0.2) is 44.9 Å². The standard InChI is InChI=1S/C17H30O4/c1(4-10-19-17-6-2-5-11-20-17)3-9-18-13-14-7-8-15-16(12-14)21-15/h14-17H,1-13H2. The van der Waals surface area contributed by atoms with Gasteiger partial charge in [0.2, 0.25) is 0 Å². The maximum atomic E-state index is 5.82. The smallest absolute Gasteiger partial charge is 0.157 e. The third-order valence-corrected chi connectivity index (χ3v) is 4.84. The van der Waals surface area contributed by atoms with Gasteiger partial charge in [-0.3, -0.25) is 0 Å². The van der Waals surface area contributed by atoms with Gasteiger partial charge in [0, 0.05) is 26.4 Å². The first-order valence-corrected chi connectivity index (χ1v) is 8.88. The SMILES string of the molecule is C(CCOCC1CCC2OC2C1)CCOC1CCCCO1. The van der Waals surface area contributed by atoms with Gasteiger partial charge in [0.1, 0.15) is 0 Å². The van der Waals surface area contributed by atoms with Gasteiger partial charge < -0.3 is 18.9 Å². The Hall–Kier alpha value is -0.160. The number of unbranched alkanes of at least 4 members (excludes halogenated alkanes) is 2. The molecule has 0 spiro atoms.